The summed E-state index contributed by atoms with van der Waals surface area (Å²) in [6.45, 7) is 1.90. The highest BCUT2D eigenvalue weighted by Crippen LogP contribution is 2.29. The normalized spacial score (nSPS) is 10.8. The number of likely N-dealkylation sites (N-methyl/N-ethyl adjacent to an activating group) is 1. The number of nitrogens with zero attached hydrogens (tertiary/aromatic N) is 1. The van der Waals surface area contributed by atoms with Crippen molar-refractivity contribution in [2.45, 2.75) is 6.92 Å². The average molecular weight is 383 g/mol. The van der Waals surface area contributed by atoms with Crippen LogP contribution in [0.3, 0.4) is 0 Å². The van der Waals surface area contributed by atoms with Crippen LogP contribution in [-0.2, 0) is 9.59 Å². The van der Waals surface area contributed by atoms with E-state index in [1.54, 1.807) is 42.7 Å². The molecule has 0 atom stereocenters. The molecular weight excluding hydrogens is 367 g/mol. The van der Waals surface area contributed by atoms with E-state index >= 15 is 0 Å². The van der Waals surface area contributed by atoms with Crippen LogP contribution in [0, 0.1) is 6.92 Å². The molecule has 0 aliphatic heterocycles. The van der Waals surface area contributed by atoms with Crippen LogP contribution in [0.15, 0.2) is 36.4 Å². The minimum Gasteiger partial charge on any atom is -0.333 e. The Morgan fingerprint density at radius 1 is 1.21 bits per heavy atom. The number of benzene rings is 1. The van der Waals surface area contributed by atoms with Gasteiger partial charge in [-0.2, -0.15) is 0 Å². The first kappa shape index (κ1) is 18.5. The number of hydrogen-bond donors (Lipinski definition) is 1. The van der Waals surface area contributed by atoms with E-state index in [0.717, 1.165) is 4.88 Å². The van der Waals surface area contributed by atoms with E-state index in [0.29, 0.717) is 15.7 Å². The van der Waals surface area contributed by atoms with E-state index in [2.05, 4.69) is 5.32 Å². The van der Waals surface area contributed by atoms with E-state index in [4.69, 9.17) is 23.2 Å². The highest BCUT2D eigenvalue weighted by molar-refractivity contribution is 7.12. The molecule has 24 heavy (non-hydrogen) atoms. The molecule has 0 aliphatic carbocycles. The lowest BCUT2D eigenvalue weighted by atomic mass is 10.3. The van der Waals surface area contributed by atoms with Crippen molar-refractivity contribution in [3.8, 4) is 0 Å². The third-order valence-corrected chi connectivity index (χ3v) is 4.73. The topological polar surface area (TPSA) is 49.4 Å². The predicted octanol–water partition coefficient (Wildman–Crippen LogP) is 4.47. The first-order valence-electron chi connectivity index (χ1n) is 7.10. The molecule has 7 heteroatoms. The van der Waals surface area contributed by atoms with Crippen molar-refractivity contribution < 1.29 is 9.59 Å². The maximum Gasteiger partial charge on any atom is 0.246 e. The first-order valence-corrected chi connectivity index (χ1v) is 8.67. The molecule has 0 unspecified atom stereocenters. The molecule has 0 saturated heterocycles. The summed E-state index contributed by atoms with van der Waals surface area (Å²) in [6, 6.07) is 8.87. The average Bonchev–Trinajstić information content (AvgIpc) is 2.94. The van der Waals surface area contributed by atoms with Gasteiger partial charge in [-0.15, -0.1) is 11.3 Å². The number of nitrogens with one attached hydrogen (secondary N) is 1. The summed E-state index contributed by atoms with van der Waals surface area (Å²) in [5.41, 5.74) is 0.344. The van der Waals surface area contributed by atoms with Crippen LogP contribution in [0.2, 0.25) is 10.0 Å². The molecule has 2 aromatic rings. The molecule has 126 valence electrons. The Hall–Kier alpha value is -1.82. The fourth-order valence-corrected chi connectivity index (χ4v) is 3.19. The van der Waals surface area contributed by atoms with E-state index in [-0.39, 0.29) is 18.4 Å². The zero-order chi connectivity index (χ0) is 17.7. The van der Waals surface area contributed by atoms with Crippen molar-refractivity contribution in [2.24, 2.45) is 0 Å². The minimum atomic E-state index is -0.374. The third-order valence-electron chi connectivity index (χ3n) is 3.14. The van der Waals surface area contributed by atoms with Crippen LogP contribution in [0.5, 0.6) is 0 Å². The Kier molecular flexibility index (Phi) is 6.43. The molecule has 4 nitrogen and oxygen atoms in total. The lowest BCUT2D eigenvalue weighted by Gasteiger charge is -2.15. The van der Waals surface area contributed by atoms with Gasteiger partial charge in [-0.25, -0.2) is 0 Å². The van der Waals surface area contributed by atoms with Gasteiger partial charge < -0.3 is 10.2 Å². The van der Waals surface area contributed by atoms with Crippen LogP contribution in [0.25, 0.3) is 6.08 Å². The van der Waals surface area contributed by atoms with E-state index in [1.807, 2.05) is 19.1 Å². The molecule has 1 N–H and O–H groups in total. The van der Waals surface area contributed by atoms with Crippen LogP contribution in [0.4, 0.5) is 5.69 Å². The fourth-order valence-electron chi connectivity index (χ4n) is 1.91. The predicted molar refractivity (Wildman–Crippen MR) is 101 cm³/mol. The van der Waals surface area contributed by atoms with Gasteiger partial charge in [0.2, 0.25) is 11.8 Å². The van der Waals surface area contributed by atoms with Gasteiger partial charge in [-0.3, -0.25) is 9.59 Å². The van der Waals surface area contributed by atoms with Gasteiger partial charge in [0.15, 0.2) is 0 Å². The zero-order valence-electron chi connectivity index (χ0n) is 13.2. The van der Waals surface area contributed by atoms with Gasteiger partial charge >= 0.3 is 0 Å². The molecule has 0 bridgehead atoms. The van der Waals surface area contributed by atoms with Gasteiger partial charge in [0.1, 0.15) is 0 Å². The second-order valence-electron chi connectivity index (χ2n) is 5.12. The number of halogens is 2. The molecule has 0 aliphatic rings. The monoisotopic (exact) mass is 382 g/mol. The van der Waals surface area contributed by atoms with Crippen molar-refractivity contribution in [1.29, 1.82) is 0 Å². The molecule has 0 radical (unpaired) electrons. The third kappa shape index (κ3) is 5.09. The summed E-state index contributed by atoms with van der Waals surface area (Å²) in [4.78, 5) is 27.6. The Labute approximate surface area is 154 Å². The second kappa shape index (κ2) is 8.33. The lowest BCUT2D eigenvalue weighted by molar-refractivity contribution is -0.129. The zero-order valence-corrected chi connectivity index (χ0v) is 15.5. The summed E-state index contributed by atoms with van der Waals surface area (Å²) in [5.74, 6) is -0.636. The maximum atomic E-state index is 12.1. The van der Waals surface area contributed by atoms with Crippen LogP contribution >= 0.6 is 34.5 Å². The molecule has 2 amide bonds. The molecule has 2 rings (SSSR count). The summed E-state index contributed by atoms with van der Waals surface area (Å²) >= 11 is 13.6. The summed E-state index contributed by atoms with van der Waals surface area (Å²) in [5, 5.41) is 3.31. The molecule has 1 aromatic carbocycles. The van der Waals surface area contributed by atoms with Crippen LogP contribution < -0.4 is 5.32 Å². The van der Waals surface area contributed by atoms with E-state index in [9.17, 15) is 9.59 Å². The number of carbonyl (C=O) groups excluding carboxylic acids is 2. The highest BCUT2D eigenvalue weighted by Gasteiger charge is 2.13. The number of rotatable bonds is 5. The van der Waals surface area contributed by atoms with Crippen molar-refractivity contribution in [1.82, 2.24) is 4.90 Å². The number of aryl methyl sites for hydroxylation is 1. The molecule has 1 heterocycles. The van der Waals surface area contributed by atoms with Gasteiger partial charge in [0, 0.05) is 22.9 Å². The van der Waals surface area contributed by atoms with Crippen molar-refractivity contribution >= 4 is 58.1 Å². The smallest absolute Gasteiger partial charge is 0.246 e. The van der Waals surface area contributed by atoms with Crippen molar-refractivity contribution in [3.05, 3.63) is 56.2 Å². The summed E-state index contributed by atoms with van der Waals surface area (Å²) < 4.78 is 0. The quantitative estimate of drug-likeness (QED) is 0.775. The number of carbonyl (C=O) groups is 2. The van der Waals surface area contributed by atoms with Gasteiger partial charge in [0.05, 0.1) is 22.3 Å². The molecule has 0 fully saturated rings. The van der Waals surface area contributed by atoms with Gasteiger partial charge in [-0.05, 0) is 37.3 Å². The molecule has 1 aromatic heterocycles. The Bertz CT molecular complexity index is 766. The minimum absolute atomic E-state index is 0.103. The number of para-hydroxylation sites is 1. The Balaban J connectivity index is 1.93. The van der Waals surface area contributed by atoms with E-state index in [1.165, 1.54) is 15.9 Å². The van der Waals surface area contributed by atoms with Gasteiger partial charge in [-0.1, -0.05) is 29.3 Å². The van der Waals surface area contributed by atoms with Crippen molar-refractivity contribution in [3.63, 3.8) is 0 Å². The number of amides is 2. The number of anilines is 1. The number of thiophene rings is 1. The Morgan fingerprint density at radius 2 is 1.88 bits per heavy atom. The fraction of sp³-hybridized carbons (Fsp3) is 0.176. The first-order chi connectivity index (χ1) is 11.4. The second-order valence-corrected chi connectivity index (χ2v) is 7.25. The molecule has 0 spiro atoms. The SMILES string of the molecule is Cc1ccc(/C=C/C(=O)N(C)CC(=O)Nc2c(Cl)cccc2Cl)s1. The molecule has 0 saturated carbocycles. The summed E-state index contributed by atoms with van der Waals surface area (Å²) in [6.07, 6.45) is 3.18. The highest BCUT2D eigenvalue weighted by atomic mass is 35.5. The maximum absolute atomic E-state index is 12.1. The van der Waals surface area contributed by atoms with Crippen LogP contribution in [0.1, 0.15) is 9.75 Å². The van der Waals surface area contributed by atoms with E-state index < -0.39 is 0 Å². The standard InChI is InChI=1S/C17H16Cl2N2O2S/c1-11-6-7-12(24-11)8-9-16(23)21(2)10-15(22)20-17-13(18)4-3-5-14(17)19/h3-9H,10H2,1-2H3,(H,20,22)/b9-8+. The summed E-state index contributed by atoms with van der Waals surface area (Å²) in [7, 11) is 1.56. The number of hydrogen-bond acceptors (Lipinski definition) is 3. The largest absolute Gasteiger partial charge is 0.333 e. The van der Waals surface area contributed by atoms with Crippen molar-refractivity contribution in [2.75, 3.05) is 18.9 Å². The molecular formula is C17H16Cl2N2O2S. The van der Waals surface area contributed by atoms with Gasteiger partial charge in [0.25, 0.3) is 0 Å². The Morgan fingerprint density at radius 3 is 2.46 bits per heavy atom. The lowest BCUT2D eigenvalue weighted by Crippen LogP contribution is -2.34. The van der Waals surface area contributed by atoms with Crippen LogP contribution in [-0.4, -0.2) is 30.3 Å².